The van der Waals surface area contributed by atoms with Crippen LogP contribution in [0.15, 0.2) is 0 Å². The second-order valence-electron chi connectivity index (χ2n) is 2.10. The van der Waals surface area contributed by atoms with Crippen LogP contribution in [0.2, 0.25) is 0 Å². The number of carbonyl (C=O) groups is 1. The first-order valence-electron chi connectivity index (χ1n) is 3.05. The summed E-state index contributed by atoms with van der Waals surface area (Å²) >= 11 is 0. The molecule has 0 aliphatic carbocycles. The Bertz CT molecular complexity index is 265. The third-order valence-corrected chi connectivity index (χ3v) is 0.784. The van der Waals surface area contributed by atoms with Gasteiger partial charge in [-0.1, -0.05) is 0 Å². The van der Waals surface area contributed by atoms with Crippen molar-refractivity contribution in [2.75, 3.05) is 13.6 Å². The molecular weight excluding hydrogens is 358 g/mol. The molecule has 0 saturated carbocycles. The second kappa shape index (κ2) is 22.5. The molecule has 9 nitrogen and oxygen atoms in total. The zero-order chi connectivity index (χ0) is 11.9. The number of halogens is 2. The summed E-state index contributed by atoms with van der Waals surface area (Å²) in [5.74, 6) is -1.23. The van der Waals surface area contributed by atoms with Gasteiger partial charge in [0, 0.05) is 7.05 Å². The van der Waals surface area contributed by atoms with E-state index >= 15 is 0 Å². The van der Waals surface area contributed by atoms with E-state index in [1.807, 2.05) is 0 Å². The first-order valence-corrected chi connectivity index (χ1v) is 4.55. The number of likely N-dealkylation sites (N-methyl/N-ethyl adjacent to an activating group) is 1. The van der Waals surface area contributed by atoms with E-state index in [9.17, 15) is 4.79 Å². The Kier molecular flexibility index (Phi) is 50.8. The number of carboxylic acids is 1. The van der Waals surface area contributed by atoms with Crippen LogP contribution < -0.4 is 99.4 Å². The summed E-state index contributed by atoms with van der Waals surface area (Å²) < 4.78 is 8.66. The summed E-state index contributed by atoms with van der Waals surface area (Å²) in [6.45, 7) is -0.227. The van der Waals surface area contributed by atoms with E-state index in [4.69, 9.17) is 35.5 Å². The van der Waals surface area contributed by atoms with Crippen LogP contribution in [0.1, 0.15) is 0 Å². The molecule has 0 rings (SSSR count). The fraction of sp³-hybridized carbons (Fsp3) is 0.500. The van der Waals surface area contributed by atoms with Crippen LogP contribution in [0, 0.1) is 5.41 Å². The third-order valence-electron chi connectivity index (χ3n) is 0.784. The van der Waals surface area contributed by atoms with Gasteiger partial charge in [0.2, 0.25) is 0 Å². The first-order chi connectivity index (χ1) is 6.04. The maximum absolute atomic E-state index is 9.92. The fourth-order valence-corrected chi connectivity index (χ4v) is 0.288. The summed E-state index contributed by atoms with van der Waals surface area (Å²) in [7, 11) is -3.70. The molecular formula is C4H10Cl2MgN3Na2O6P. The van der Waals surface area contributed by atoms with Gasteiger partial charge in [-0.2, -0.15) is 0 Å². The normalized spacial score (nSPS) is 7.16. The van der Waals surface area contributed by atoms with Gasteiger partial charge in [0.25, 0.3) is 0 Å². The Morgan fingerprint density at radius 2 is 1.58 bits per heavy atom. The fourth-order valence-electron chi connectivity index (χ4n) is 0.288. The predicted molar refractivity (Wildman–Crippen MR) is 47.8 cm³/mol. The summed E-state index contributed by atoms with van der Waals surface area (Å²) in [4.78, 5) is 35.3. The minimum atomic E-state index is -5.14. The van der Waals surface area contributed by atoms with Gasteiger partial charge in [-0.15, -0.1) is 0 Å². The third kappa shape index (κ3) is 64.3. The molecule has 0 saturated heterocycles. The first kappa shape index (κ1) is 42.9. The van der Waals surface area contributed by atoms with E-state index in [2.05, 4.69) is 0 Å². The number of hydrogen-bond acceptors (Lipinski definition) is 5. The number of nitrogens with one attached hydrogen (secondary N) is 1. The minimum absolute atomic E-state index is 0. The van der Waals surface area contributed by atoms with E-state index in [1.165, 1.54) is 7.05 Å². The zero-order valence-corrected chi connectivity index (χ0v) is 18.5. The van der Waals surface area contributed by atoms with Gasteiger partial charge in [-0.3, -0.25) is 10.2 Å². The molecule has 0 spiro atoms. The number of hydrogen-bond donors (Lipinski definition) is 4. The average molecular weight is 368 g/mol. The molecule has 0 fully saturated rings. The molecule has 0 aromatic carbocycles. The largest absolute Gasteiger partial charge is 2.00 e. The maximum Gasteiger partial charge on any atom is 2.00 e. The van der Waals surface area contributed by atoms with Crippen molar-refractivity contribution < 1.29 is 113 Å². The molecule has 5 N–H and O–H groups in total. The van der Waals surface area contributed by atoms with Crippen molar-refractivity contribution in [2.24, 2.45) is 5.73 Å². The molecule has 0 radical (unpaired) electrons. The molecule has 0 aliphatic rings. The summed E-state index contributed by atoms with van der Waals surface area (Å²) in [5, 5.41) is 14.9. The number of nitrogens with two attached hydrogens (primary N) is 1. The standard InChI is InChI=1S/C4H9N3O2.2ClH.Mg.2Na.H3O4P/c1-7(4(5)6)2-3(8)9;;;;;;1-5(2,3)4/h2H2,1H3,(H3,5,6)(H,8,9);2*1H;;;;(H3,1,2,3,4)/q;;;+2;2*+1;/p-4. The van der Waals surface area contributed by atoms with Crippen molar-refractivity contribution in [1.82, 2.24) is 4.90 Å². The Labute approximate surface area is 183 Å². The quantitative estimate of drug-likeness (QED) is 0.161. The summed E-state index contributed by atoms with van der Waals surface area (Å²) in [6.07, 6.45) is 0. The maximum atomic E-state index is 9.92. The number of phosphoric acid groups is 1. The minimum Gasteiger partial charge on any atom is -1.00 e. The topological polar surface area (TPSA) is 174 Å². The molecule has 0 aromatic heterocycles. The SMILES string of the molecule is CN(CC(=O)O)C(=N)N.O=P([O-])([O-])O.[Cl-].[Cl-].[Mg+2].[Na+].[Na+]. The van der Waals surface area contributed by atoms with E-state index < -0.39 is 13.8 Å². The number of rotatable bonds is 2. The molecule has 100 valence electrons. The van der Waals surface area contributed by atoms with Crippen LogP contribution in [-0.2, 0) is 9.36 Å². The molecule has 0 atom stereocenters. The smallest absolute Gasteiger partial charge is 1.00 e. The van der Waals surface area contributed by atoms with E-state index in [1.54, 1.807) is 0 Å². The average Bonchev–Trinajstić information content (AvgIpc) is 1.80. The van der Waals surface area contributed by atoms with Crippen molar-refractivity contribution in [3.63, 3.8) is 0 Å². The van der Waals surface area contributed by atoms with Crippen molar-refractivity contribution in [3.05, 3.63) is 0 Å². The van der Waals surface area contributed by atoms with Gasteiger partial charge < -0.3 is 59.8 Å². The van der Waals surface area contributed by atoms with Crippen molar-refractivity contribution in [2.45, 2.75) is 0 Å². The van der Waals surface area contributed by atoms with Gasteiger partial charge in [0.15, 0.2) is 5.96 Å². The van der Waals surface area contributed by atoms with Crippen LogP contribution in [-0.4, -0.2) is 63.5 Å². The van der Waals surface area contributed by atoms with E-state index in [0.717, 1.165) is 4.90 Å². The Morgan fingerprint density at radius 3 is 1.63 bits per heavy atom. The summed E-state index contributed by atoms with van der Waals surface area (Å²) in [6, 6.07) is 0. The molecule has 15 heteroatoms. The number of aliphatic carboxylic acids is 1. The van der Waals surface area contributed by atoms with E-state index in [0.29, 0.717) is 0 Å². The number of guanidine groups is 1. The molecule has 19 heavy (non-hydrogen) atoms. The summed E-state index contributed by atoms with van der Waals surface area (Å²) in [5.41, 5.74) is 4.93. The van der Waals surface area contributed by atoms with Gasteiger partial charge in [-0.05, 0) is 0 Å². The van der Waals surface area contributed by atoms with Crippen LogP contribution in [0.5, 0.6) is 0 Å². The predicted octanol–water partition coefficient (Wildman–Crippen LogP) is -15.7. The van der Waals surface area contributed by atoms with Crippen LogP contribution in [0.25, 0.3) is 0 Å². The van der Waals surface area contributed by atoms with E-state index in [-0.39, 0.29) is 119 Å². The molecule has 0 unspecified atom stereocenters. The van der Waals surface area contributed by atoms with Crippen LogP contribution in [0.4, 0.5) is 0 Å². The Balaban J connectivity index is -0.0000000261. The van der Waals surface area contributed by atoms with Gasteiger partial charge >= 0.3 is 88.1 Å². The van der Waals surface area contributed by atoms with Gasteiger partial charge in [0.1, 0.15) is 6.54 Å². The van der Waals surface area contributed by atoms with Gasteiger partial charge in [-0.25, -0.2) is 0 Å². The Morgan fingerprint density at radius 1 is 1.37 bits per heavy atom. The molecule has 0 amide bonds. The molecule has 0 bridgehead atoms. The monoisotopic (exact) mass is 367 g/mol. The number of nitrogens with zero attached hydrogens (tertiary/aromatic N) is 1. The number of carboxylic acid groups (broad SMARTS) is 1. The van der Waals surface area contributed by atoms with Crippen molar-refractivity contribution in [1.29, 1.82) is 5.41 Å². The molecule has 0 aromatic rings. The van der Waals surface area contributed by atoms with Gasteiger partial charge in [0.05, 0.1) is 7.82 Å². The van der Waals surface area contributed by atoms with Crippen molar-refractivity contribution >= 4 is 42.8 Å². The molecule has 0 heterocycles. The Hall–Kier alpha value is 2.20. The zero-order valence-electron chi connectivity index (χ0n) is 10.7. The van der Waals surface area contributed by atoms with Crippen LogP contribution in [0.3, 0.4) is 0 Å². The molecule has 0 aliphatic heterocycles. The second-order valence-corrected chi connectivity index (χ2v) is 3.04. The van der Waals surface area contributed by atoms with Crippen LogP contribution >= 0.6 is 7.82 Å². The van der Waals surface area contributed by atoms with Crippen molar-refractivity contribution in [3.8, 4) is 0 Å².